The Balaban J connectivity index is 2.29. The van der Waals surface area contributed by atoms with Gasteiger partial charge in [-0.25, -0.2) is 0 Å². The van der Waals surface area contributed by atoms with Gasteiger partial charge in [0.05, 0.1) is 0 Å². The molecule has 5 heteroatoms. The van der Waals surface area contributed by atoms with Gasteiger partial charge in [-0.3, -0.25) is 0 Å². The Morgan fingerprint density at radius 1 is 1.47 bits per heavy atom. The van der Waals surface area contributed by atoms with Crippen molar-refractivity contribution in [1.29, 1.82) is 0 Å². The second-order valence-electron chi connectivity index (χ2n) is 4.05. The molecule has 1 heterocycles. The highest BCUT2D eigenvalue weighted by molar-refractivity contribution is 5.64. The van der Waals surface area contributed by atoms with E-state index in [0.29, 0.717) is 12.4 Å². The van der Waals surface area contributed by atoms with Crippen LogP contribution in [-0.4, -0.2) is 22.8 Å². The van der Waals surface area contributed by atoms with Gasteiger partial charge in [-0.1, -0.05) is 6.07 Å². The van der Waals surface area contributed by atoms with Crippen molar-refractivity contribution in [2.75, 3.05) is 11.9 Å². The number of benzene rings is 1. The van der Waals surface area contributed by atoms with E-state index in [1.165, 1.54) is 6.39 Å². The topological polar surface area (TPSA) is 77.0 Å². The van der Waals surface area contributed by atoms with Gasteiger partial charge in [-0.2, -0.15) is 0 Å². The molecular weight excluding hydrogens is 216 g/mol. The molecule has 0 radical (unpaired) electrons. The lowest BCUT2D eigenvalue weighted by Crippen LogP contribution is -2.25. The van der Waals surface area contributed by atoms with E-state index >= 15 is 0 Å². The minimum absolute atomic E-state index is 0.228. The maximum absolute atomic E-state index is 5.60. The summed E-state index contributed by atoms with van der Waals surface area (Å²) in [4.78, 5) is 0. The van der Waals surface area contributed by atoms with Crippen molar-refractivity contribution in [3.05, 3.63) is 30.2 Å². The molecule has 17 heavy (non-hydrogen) atoms. The first-order chi connectivity index (χ1) is 8.20. The lowest BCUT2D eigenvalue weighted by atomic mass is 10.1. The second-order valence-corrected chi connectivity index (χ2v) is 4.05. The molecule has 5 nitrogen and oxygen atoms in total. The summed E-state index contributed by atoms with van der Waals surface area (Å²) in [7, 11) is 0. The van der Waals surface area contributed by atoms with Crippen molar-refractivity contribution in [2.45, 2.75) is 19.9 Å². The van der Waals surface area contributed by atoms with E-state index in [4.69, 9.17) is 10.2 Å². The summed E-state index contributed by atoms with van der Waals surface area (Å²) in [5, 5.41) is 10.9. The van der Waals surface area contributed by atoms with Crippen molar-refractivity contribution in [2.24, 2.45) is 5.73 Å². The van der Waals surface area contributed by atoms with E-state index in [1.54, 1.807) is 0 Å². The van der Waals surface area contributed by atoms with Crippen molar-refractivity contribution in [3.63, 3.8) is 0 Å². The molecule has 0 saturated carbocycles. The molecule has 0 amide bonds. The van der Waals surface area contributed by atoms with Crippen LogP contribution in [-0.2, 0) is 0 Å². The Kier molecular flexibility index (Phi) is 3.39. The van der Waals surface area contributed by atoms with Gasteiger partial charge in [0.1, 0.15) is 0 Å². The van der Waals surface area contributed by atoms with E-state index in [2.05, 4.69) is 15.5 Å². The first-order valence-corrected chi connectivity index (χ1v) is 5.54. The molecule has 1 aromatic heterocycles. The number of aryl methyl sites for hydroxylation is 1. The molecule has 0 bridgehead atoms. The Morgan fingerprint density at radius 2 is 2.29 bits per heavy atom. The number of nitrogens with zero attached hydrogens (tertiary/aromatic N) is 2. The first-order valence-electron chi connectivity index (χ1n) is 5.54. The van der Waals surface area contributed by atoms with Crippen LogP contribution >= 0.6 is 0 Å². The van der Waals surface area contributed by atoms with E-state index in [9.17, 15) is 0 Å². The molecule has 2 rings (SSSR count). The SMILES string of the molecule is Cc1ccc(-c2nnco2)cc1NC(C)CN. The Morgan fingerprint density at radius 3 is 2.94 bits per heavy atom. The van der Waals surface area contributed by atoms with Crippen LogP contribution in [0.15, 0.2) is 29.0 Å². The molecule has 3 N–H and O–H groups in total. The summed E-state index contributed by atoms with van der Waals surface area (Å²) in [5.74, 6) is 0.522. The number of nitrogens with two attached hydrogens (primary N) is 1. The standard InChI is InChI=1S/C12H16N4O/c1-8-3-4-10(12-16-14-7-17-12)5-11(8)15-9(2)6-13/h3-5,7,9,15H,6,13H2,1-2H3. The van der Waals surface area contributed by atoms with Gasteiger partial charge < -0.3 is 15.5 Å². The maximum atomic E-state index is 5.60. The Hall–Kier alpha value is -1.88. The largest absolute Gasteiger partial charge is 0.423 e. The number of hydrogen-bond acceptors (Lipinski definition) is 5. The van der Waals surface area contributed by atoms with Gasteiger partial charge in [0.15, 0.2) is 0 Å². The predicted octanol–water partition coefficient (Wildman–Crippen LogP) is 1.80. The molecule has 0 aliphatic carbocycles. The maximum Gasteiger partial charge on any atom is 0.247 e. The van der Waals surface area contributed by atoms with Crippen LogP contribution in [0.5, 0.6) is 0 Å². The Labute approximate surface area is 100 Å². The van der Waals surface area contributed by atoms with Crippen molar-refractivity contribution in [1.82, 2.24) is 10.2 Å². The average molecular weight is 232 g/mol. The third-order valence-electron chi connectivity index (χ3n) is 2.60. The van der Waals surface area contributed by atoms with Crippen LogP contribution in [0, 0.1) is 6.92 Å². The van der Waals surface area contributed by atoms with Gasteiger partial charge in [0.25, 0.3) is 0 Å². The Bertz CT molecular complexity index is 481. The number of nitrogens with one attached hydrogen (secondary N) is 1. The highest BCUT2D eigenvalue weighted by Gasteiger charge is 2.08. The number of anilines is 1. The lowest BCUT2D eigenvalue weighted by Gasteiger charge is -2.15. The van der Waals surface area contributed by atoms with Crippen molar-refractivity contribution < 1.29 is 4.42 Å². The van der Waals surface area contributed by atoms with E-state index in [1.807, 2.05) is 32.0 Å². The van der Waals surface area contributed by atoms with Crippen LogP contribution in [0.3, 0.4) is 0 Å². The van der Waals surface area contributed by atoms with Crippen molar-refractivity contribution >= 4 is 5.69 Å². The molecule has 0 saturated heterocycles. The molecule has 1 unspecified atom stereocenters. The first kappa shape index (κ1) is 11.6. The summed E-state index contributed by atoms with van der Waals surface area (Å²) in [6.45, 7) is 4.67. The monoisotopic (exact) mass is 232 g/mol. The van der Waals surface area contributed by atoms with Gasteiger partial charge in [-0.15, -0.1) is 10.2 Å². The highest BCUT2D eigenvalue weighted by Crippen LogP contribution is 2.24. The fourth-order valence-corrected chi connectivity index (χ4v) is 1.53. The minimum atomic E-state index is 0.228. The summed E-state index contributed by atoms with van der Waals surface area (Å²) in [5.41, 5.74) is 8.70. The van der Waals surface area contributed by atoms with E-state index in [0.717, 1.165) is 16.8 Å². The normalized spacial score (nSPS) is 12.4. The predicted molar refractivity (Wildman–Crippen MR) is 66.6 cm³/mol. The molecule has 90 valence electrons. The van der Waals surface area contributed by atoms with Crippen LogP contribution in [0.25, 0.3) is 11.5 Å². The molecule has 0 fully saturated rings. The number of rotatable bonds is 4. The molecule has 2 aromatic rings. The smallest absolute Gasteiger partial charge is 0.247 e. The van der Waals surface area contributed by atoms with Gasteiger partial charge in [-0.05, 0) is 31.5 Å². The fourth-order valence-electron chi connectivity index (χ4n) is 1.53. The van der Waals surface area contributed by atoms with Gasteiger partial charge >= 0.3 is 0 Å². The van der Waals surface area contributed by atoms with Crippen LogP contribution in [0.1, 0.15) is 12.5 Å². The molecule has 0 aliphatic heterocycles. The van der Waals surface area contributed by atoms with E-state index < -0.39 is 0 Å². The second kappa shape index (κ2) is 4.97. The quantitative estimate of drug-likeness (QED) is 0.840. The summed E-state index contributed by atoms with van der Waals surface area (Å²) in [6, 6.07) is 6.20. The van der Waals surface area contributed by atoms with E-state index in [-0.39, 0.29) is 6.04 Å². The van der Waals surface area contributed by atoms with Gasteiger partial charge in [0, 0.05) is 23.8 Å². The minimum Gasteiger partial charge on any atom is -0.423 e. The van der Waals surface area contributed by atoms with Crippen LogP contribution in [0.4, 0.5) is 5.69 Å². The molecule has 0 spiro atoms. The zero-order valence-electron chi connectivity index (χ0n) is 9.97. The third kappa shape index (κ3) is 2.62. The molecule has 0 aliphatic rings. The fraction of sp³-hybridized carbons (Fsp3) is 0.333. The average Bonchev–Trinajstić information content (AvgIpc) is 2.85. The zero-order chi connectivity index (χ0) is 12.3. The highest BCUT2D eigenvalue weighted by atomic mass is 16.4. The number of hydrogen-bond donors (Lipinski definition) is 2. The van der Waals surface area contributed by atoms with Gasteiger partial charge in [0.2, 0.25) is 12.3 Å². The van der Waals surface area contributed by atoms with Crippen molar-refractivity contribution in [3.8, 4) is 11.5 Å². The zero-order valence-corrected chi connectivity index (χ0v) is 9.97. The molecular formula is C12H16N4O. The van der Waals surface area contributed by atoms with Crippen LogP contribution < -0.4 is 11.1 Å². The van der Waals surface area contributed by atoms with Crippen LogP contribution in [0.2, 0.25) is 0 Å². The summed E-state index contributed by atoms with van der Waals surface area (Å²) in [6.07, 6.45) is 1.32. The number of aromatic nitrogens is 2. The summed E-state index contributed by atoms with van der Waals surface area (Å²) < 4.78 is 5.17. The lowest BCUT2D eigenvalue weighted by molar-refractivity contribution is 0.568. The molecule has 1 aromatic carbocycles. The summed E-state index contributed by atoms with van der Waals surface area (Å²) >= 11 is 0. The third-order valence-corrected chi connectivity index (χ3v) is 2.60. The molecule has 1 atom stereocenters.